The van der Waals surface area contributed by atoms with Crippen LogP contribution in [0.25, 0.3) is 16.8 Å². The largest absolute Gasteiger partial charge is 0.462 e. The molecule has 0 aliphatic rings. The number of rotatable bonds is 13. The summed E-state index contributed by atoms with van der Waals surface area (Å²) in [5.74, 6) is -1.19. The van der Waals surface area contributed by atoms with Crippen molar-refractivity contribution in [2.24, 2.45) is 0 Å². The average Bonchev–Trinajstić information content (AvgIpc) is 3.43. The molecule has 5 aromatic rings. The number of amides is 1. The van der Waals surface area contributed by atoms with Crippen LogP contribution in [0.15, 0.2) is 90.0 Å². The average molecular weight is 624 g/mol. The number of hydrogen-bond donors (Lipinski definition) is 1. The summed E-state index contributed by atoms with van der Waals surface area (Å²) in [6.07, 6.45) is 5.09. The molecule has 2 aromatic carbocycles. The molecule has 9 nitrogen and oxygen atoms in total. The molecule has 0 spiro atoms. The van der Waals surface area contributed by atoms with Crippen molar-refractivity contribution in [1.29, 1.82) is 0 Å². The van der Waals surface area contributed by atoms with Gasteiger partial charge in [-0.2, -0.15) is 0 Å². The number of ether oxygens (including phenoxy) is 1. The number of aromatic nitrogens is 3. The van der Waals surface area contributed by atoms with Crippen LogP contribution in [-0.4, -0.2) is 50.9 Å². The Kier molecular flexibility index (Phi) is 10.4. The highest BCUT2D eigenvalue weighted by molar-refractivity contribution is 5.91. The molecule has 0 aliphatic heterocycles. The molecule has 238 valence electrons. The maximum absolute atomic E-state index is 14.8. The van der Waals surface area contributed by atoms with Crippen molar-refractivity contribution in [2.75, 3.05) is 25.5 Å². The molecule has 0 fully saturated rings. The molecule has 0 bridgehead atoms. The van der Waals surface area contributed by atoms with E-state index in [4.69, 9.17) is 4.74 Å². The van der Waals surface area contributed by atoms with Crippen LogP contribution in [0.1, 0.15) is 54.0 Å². The van der Waals surface area contributed by atoms with Gasteiger partial charge in [0.1, 0.15) is 17.0 Å². The van der Waals surface area contributed by atoms with E-state index in [0.717, 1.165) is 23.2 Å². The normalized spacial score (nSPS) is 11.2. The van der Waals surface area contributed by atoms with Gasteiger partial charge < -0.3 is 19.5 Å². The molecule has 5 rings (SSSR count). The van der Waals surface area contributed by atoms with Gasteiger partial charge in [-0.3, -0.25) is 19.0 Å². The first-order valence-electron chi connectivity index (χ1n) is 15.5. The maximum atomic E-state index is 14.8. The van der Waals surface area contributed by atoms with Crippen molar-refractivity contribution < 1.29 is 18.7 Å². The Balaban J connectivity index is 1.64. The Morgan fingerprint density at radius 1 is 1.02 bits per heavy atom. The second kappa shape index (κ2) is 14.8. The van der Waals surface area contributed by atoms with E-state index in [1.165, 1.54) is 16.7 Å². The molecular formula is C36H38FN5O4. The van der Waals surface area contributed by atoms with Gasteiger partial charge in [0, 0.05) is 66.5 Å². The van der Waals surface area contributed by atoms with Crippen molar-refractivity contribution in [3.63, 3.8) is 0 Å². The highest BCUT2D eigenvalue weighted by atomic mass is 19.1. The van der Waals surface area contributed by atoms with Gasteiger partial charge in [-0.1, -0.05) is 43.3 Å². The first-order valence-corrected chi connectivity index (χ1v) is 15.5. The lowest BCUT2D eigenvalue weighted by Gasteiger charge is -2.19. The quantitative estimate of drug-likeness (QED) is 0.163. The van der Waals surface area contributed by atoms with Crippen molar-refractivity contribution >= 4 is 23.2 Å². The van der Waals surface area contributed by atoms with Crippen LogP contribution in [0.5, 0.6) is 0 Å². The number of hydrogen-bond acceptors (Lipinski definition) is 6. The standard InChI is InChI=1S/C36H38FN5O4/c1-4-10-33(43)39-28-16-14-25(15-17-28)29-21-34-41(22-26-11-6-7-13-31(26)37)23-30(36(45)46-5-2)35(44)42(34)32(29)24-40(3)20-18-27-12-8-9-19-38-27/h6-9,11-17,19,21,23H,4-5,10,18,20,22,24H2,1-3H3,(H,39,43). The van der Waals surface area contributed by atoms with Crippen LogP contribution >= 0.6 is 0 Å². The van der Waals surface area contributed by atoms with Gasteiger partial charge in [-0.05, 0) is 62.4 Å². The third kappa shape index (κ3) is 7.40. The number of likely N-dealkylation sites (N-methyl/N-ethyl adjacent to an activating group) is 1. The van der Waals surface area contributed by atoms with E-state index in [0.29, 0.717) is 48.5 Å². The van der Waals surface area contributed by atoms with Crippen LogP contribution in [0.3, 0.4) is 0 Å². The maximum Gasteiger partial charge on any atom is 0.345 e. The molecule has 10 heteroatoms. The monoisotopic (exact) mass is 623 g/mol. The molecular weight excluding hydrogens is 585 g/mol. The minimum Gasteiger partial charge on any atom is -0.462 e. The molecule has 3 aromatic heterocycles. The van der Waals surface area contributed by atoms with Gasteiger partial charge in [0.15, 0.2) is 0 Å². The van der Waals surface area contributed by atoms with E-state index in [9.17, 15) is 18.8 Å². The third-order valence-electron chi connectivity index (χ3n) is 7.74. The molecule has 0 radical (unpaired) electrons. The minimum absolute atomic E-state index is 0.0586. The zero-order valence-corrected chi connectivity index (χ0v) is 26.3. The summed E-state index contributed by atoms with van der Waals surface area (Å²) >= 11 is 0. The molecule has 0 atom stereocenters. The molecule has 0 unspecified atom stereocenters. The second-order valence-corrected chi connectivity index (χ2v) is 11.2. The van der Waals surface area contributed by atoms with E-state index < -0.39 is 11.5 Å². The minimum atomic E-state index is -0.742. The van der Waals surface area contributed by atoms with E-state index in [1.807, 2.05) is 62.5 Å². The van der Waals surface area contributed by atoms with E-state index >= 15 is 0 Å². The summed E-state index contributed by atoms with van der Waals surface area (Å²) < 4.78 is 23.4. The SMILES string of the molecule is CCCC(=O)Nc1ccc(-c2cc3n(Cc4ccccc4F)cc(C(=O)OCC)c(=O)n3c2CN(C)CCc2ccccn2)cc1. The molecule has 3 heterocycles. The number of anilines is 1. The number of benzene rings is 2. The fourth-order valence-corrected chi connectivity index (χ4v) is 5.43. The summed E-state index contributed by atoms with van der Waals surface area (Å²) in [7, 11) is 1.96. The van der Waals surface area contributed by atoms with Crippen LogP contribution in [0.4, 0.5) is 10.1 Å². The van der Waals surface area contributed by atoms with Crippen molar-refractivity contribution in [3.05, 3.63) is 124 Å². The van der Waals surface area contributed by atoms with Gasteiger partial charge in [0.05, 0.1) is 13.2 Å². The number of pyridine rings is 1. The zero-order chi connectivity index (χ0) is 32.6. The summed E-state index contributed by atoms with van der Waals surface area (Å²) in [6.45, 7) is 4.85. The first-order chi connectivity index (χ1) is 22.3. The number of esters is 1. The Morgan fingerprint density at radius 2 is 1.78 bits per heavy atom. The lowest BCUT2D eigenvalue weighted by atomic mass is 10.0. The van der Waals surface area contributed by atoms with Crippen LogP contribution in [0.2, 0.25) is 0 Å². The Hall–Kier alpha value is -5.09. The molecule has 0 aliphatic carbocycles. The van der Waals surface area contributed by atoms with Crippen LogP contribution in [0, 0.1) is 5.82 Å². The fraction of sp³-hybridized carbons (Fsp3) is 0.278. The summed E-state index contributed by atoms with van der Waals surface area (Å²) in [6, 6.07) is 21.6. The molecule has 1 amide bonds. The van der Waals surface area contributed by atoms with E-state index in [1.54, 1.807) is 35.9 Å². The lowest BCUT2D eigenvalue weighted by molar-refractivity contribution is -0.116. The Labute approximate surface area is 267 Å². The van der Waals surface area contributed by atoms with Crippen LogP contribution in [-0.2, 0) is 29.0 Å². The lowest BCUT2D eigenvalue weighted by Crippen LogP contribution is -2.29. The first kappa shape index (κ1) is 32.3. The smallest absolute Gasteiger partial charge is 0.345 e. The van der Waals surface area contributed by atoms with Gasteiger partial charge in [0.25, 0.3) is 5.56 Å². The highest BCUT2D eigenvalue weighted by Crippen LogP contribution is 2.30. The van der Waals surface area contributed by atoms with Crippen molar-refractivity contribution in [3.8, 4) is 11.1 Å². The second-order valence-electron chi connectivity index (χ2n) is 11.2. The number of nitrogens with zero attached hydrogens (tertiary/aromatic N) is 4. The van der Waals surface area contributed by atoms with Crippen molar-refractivity contribution in [1.82, 2.24) is 18.9 Å². The predicted octanol–water partition coefficient (Wildman–Crippen LogP) is 5.94. The zero-order valence-electron chi connectivity index (χ0n) is 26.3. The number of halogens is 1. The number of fused-ring (bicyclic) bond motifs is 1. The number of nitrogens with one attached hydrogen (secondary N) is 1. The molecule has 0 saturated carbocycles. The summed E-state index contributed by atoms with van der Waals surface area (Å²) in [4.78, 5) is 45.8. The van der Waals surface area contributed by atoms with Gasteiger partial charge in [0.2, 0.25) is 5.91 Å². The molecule has 1 N–H and O–H groups in total. The van der Waals surface area contributed by atoms with Crippen LogP contribution < -0.4 is 10.9 Å². The van der Waals surface area contributed by atoms with Gasteiger partial charge >= 0.3 is 5.97 Å². The van der Waals surface area contributed by atoms with E-state index in [2.05, 4.69) is 15.2 Å². The third-order valence-corrected chi connectivity index (χ3v) is 7.74. The molecule has 46 heavy (non-hydrogen) atoms. The topological polar surface area (TPSA) is 97.9 Å². The fourth-order valence-electron chi connectivity index (χ4n) is 5.43. The summed E-state index contributed by atoms with van der Waals surface area (Å²) in [5, 5.41) is 2.91. The van der Waals surface area contributed by atoms with Gasteiger partial charge in [-0.15, -0.1) is 0 Å². The Bertz CT molecular complexity index is 1880. The van der Waals surface area contributed by atoms with E-state index in [-0.39, 0.29) is 30.4 Å². The van der Waals surface area contributed by atoms with Gasteiger partial charge in [-0.25, -0.2) is 9.18 Å². The molecule has 0 saturated heterocycles. The predicted molar refractivity (Wildman–Crippen MR) is 176 cm³/mol. The summed E-state index contributed by atoms with van der Waals surface area (Å²) in [5.41, 5.74) is 4.14. The highest BCUT2D eigenvalue weighted by Gasteiger charge is 2.23. The number of carbonyl (C=O) groups excluding carboxylic acids is 2. The Morgan fingerprint density at radius 3 is 2.48 bits per heavy atom. The number of carbonyl (C=O) groups is 2. The van der Waals surface area contributed by atoms with Crippen molar-refractivity contribution in [2.45, 2.75) is 46.2 Å².